The summed E-state index contributed by atoms with van der Waals surface area (Å²) in [6, 6.07) is 7.39. The van der Waals surface area contributed by atoms with Crippen molar-refractivity contribution in [3.05, 3.63) is 29.3 Å². The zero-order chi connectivity index (χ0) is 10.1. The van der Waals surface area contributed by atoms with Gasteiger partial charge in [0.15, 0.2) is 0 Å². The Kier molecular flexibility index (Phi) is 2.37. The summed E-state index contributed by atoms with van der Waals surface area (Å²) in [6.45, 7) is 1.89. The molecule has 2 nitrogen and oxygen atoms in total. The third-order valence-electron chi connectivity index (χ3n) is 3.15. The Hall–Kier alpha value is -1.02. The fourth-order valence-electron chi connectivity index (χ4n) is 2.07. The molecule has 1 saturated carbocycles. The van der Waals surface area contributed by atoms with Gasteiger partial charge >= 0.3 is 0 Å². The molecule has 0 saturated heterocycles. The minimum Gasteiger partial charge on any atom is -0.493 e. The maximum atomic E-state index is 5.60. The lowest BCUT2D eigenvalue weighted by Gasteiger charge is -2.18. The van der Waals surface area contributed by atoms with Gasteiger partial charge in [-0.15, -0.1) is 0 Å². The van der Waals surface area contributed by atoms with Crippen LogP contribution >= 0.6 is 0 Å². The van der Waals surface area contributed by atoms with Gasteiger partial charge in [0.1, 0.15) is 5.75 Å². The van der Waals surface area contributed by atoms with Crippen molar-refractivity contribution >= 4 is 0 Å². The summed E-state index contributed by atoms with van der Waals surface area (Å²) in [5, 5.41) is 3.54. The Bertz CT molecular complexity index is 358. The molecular formula is C13H17NO. The molecule has 0 atom stereocenters. The van der Waals surface area contributed by atoms with Crippen LogP contribution in [0.4, 0.5) is 0 Å². The van der Waals surface area contributed by atoms with Gasteiger partial charge in [0, 0.05) is 12.6 Å². The quantitative estimate of drug-likeness (QED) is 0.813. The van der Waals surface area contributed by atoms with Crippen LogP contribution in [0.2, 0.25) is 0 Å². The first kappa shape index (κ1) is 9.22. The highest BCUT2D eigenvalue weighted by Crippen LogP contribution is 2.26. The fourth-order valence-corrected chi connectivity index (χ4v) is 2.07. The molecule has 0 radical (unpaired) electrons. The molecule has 0 aromatic heterocycles. The van der Waals surface area contributed by atoms with E-state index in [1.54, 1.807) is 0 Å². The van der Waals surface area contributed by atoms with Crippen molar-refractivity contribution in [2.24, 2.45) is 0 Å². The van der Waals surface area contributed by atoms with Crippen molar-refractivity contribution in [2.45, 2.75) is 38.3 Å². The smallest absolute Gasteiger partial charge is 0.122 e. The zero-order valence-corrected chi connectivity index (χ0v) is 8.96. The Balaban J connectivity index is 1.71. The molecule has 2 heteroatoms. The first-order valence-electron chi connectivity index (χ1n) is 5.90. The minimum atomic E-state index is 0.789. The number of nitrogens with one attached hydrogen (secondary N) is 1. The Morgan fingerprint density at radius 2 is 2.27 bits per heavy atom. The summed E-state index contributed by atoms with van der Waals surface area (Å²) in [4.78, 5) is 0. The molecule has 1 aromatic rings. The molecule has 1 heterocycles. The normalized spacial score (nSPS) is 19.5. The van der Waals surface area contributed by atoms with Gasteiger partial charge < -0.3 is 10.1 Å². The van der Waals surface area contributed by atoms with Gasteiger partial charge in [-0.3, -0.25) is 0 Å². The second-order valence-electron chi connectivity index (χ2n) is 4.55. The number of ether oxygens (including phenoxy) is 1. The van der Waals surface area contributed by atoms with Gasteiger partial charge in [0.25, 0.3) is 0 Å². The van der Waals surface area contributed by atoms with Crippen LogP contribution in [0.1, 0.15) is 30.4 Å². The predicted octanol–water partition coefficient (Wildman–Crippen LogP) is 2.26. The van der Waals surface area contributed by atoms with Gasteiger partial charge in [-0.2, -0.15) is 0 Å². The van der Waals surface area contributed by atoms with Gasteiger partial charge in [0.05, 0.1) is 6.61 Å². The Morgan fingerprint density at radius 3 is 3.13 bits per heavy atom. The molecule has 1 aliphatic heterocycles. The maximum Gasteiger partial charge on any atom is 0.122 e. The van der Waals surface area contributed by atoms with E-state index in [0.717, 1.165) is 31.4 Å². The van der Waals surface area contributed by atoms with Crippen LogP contribution in [-0.4, -0.2) is 12.6 Å². The van der Waals surface area contributed by atoms with E-state index in [-0.39, 0.29) is 0 Å². The van der Waals surface area contributed by atoms with Gasteiger partial charge in [0.2, 0.25) is 0 Å². The van der Waals surface area contributed by atoms with Gasteiger partial charge in [-0.25, -0.2) is 0 Å². The lowest BCUT2D eigenvalue weighted by atomic mass is 10.0. The second-order valence-corrected chi connectivity index (χ2v) is 4.55. The Morgan fingerprint density at radius 1 is 1.33 bits per heavy atom. The topological polar surface area (TPSA) is 21.3 Å². The van der Waals surface area contributed by atoms with E-state index < -0.39 is 0 Å². The van der Waals surface area contributed by atoms with Crippen molar-refractivity contribution in [1.29, 1.82) is 0 Å². The van der Waals surface area contributed by atoms with E-state index in [2.05, 4.69) is 23.5 Å². The van der Waals surface area contributed by atoms with Crippen LogP contribution in [-0.2, 0) is 13.0 Å². The third-order valence-corrected chi connectivity index (χ3v) is 3.15. The average Bonchev–Trinajstić information content (AvgIpc) is 3.10. The summed E-state index contributed by atoms with van der Waals surface area (Å²) >= 11 is 0. The maximum absolute atomic E-state index is 5.60. The average molecular weight is 203 g/mol. The number of rotatable bonds is 3. The number of benzene rings is 1. The van der Waals surface area contributed by atoms with E-state index in [0.29, 0.717) is 0 Å². The van der Waals surface area contributed by atoms with Crippen LogP contribution in [0.25, 0.3) is 0 Å². The van der Waals surface area contributed by atoms with Crippen LogP contribution in [0.3, 0.4) is 0 Å². The number of hydrogen-bond donors (Lipinski definition) is 1. The van der Waals surface area contributed by atoms with E-state index in [9.17, 15) is 0 Å². The highest BCUT2D eigenvalue weighted by Gasteiger charge is 2.20. The summed E-state index contributed by atoms with van der Waals surface area (Å²) in [5.74, 6) is 1.09. The molecular weight excluding hydrogens is 186 g/mol. The highest BCUT2D eigenvalue weighted by molar-refractivity contribution is 5.38. The molecule has 3 rings (SSSR count). The molecule has 1 fully saturated rings. The molecule has 0 spiro atoms. The number of aryl methyl sites for hydroxylation is 1. The summed E-state index contributed by atoms with van der Waals surface area (Å²) in [7, 11) is 0. The van der Waals surface area contributed by atoms with Crippen molar-refractivity contribution in [3.63, 3.8) is 0 Å². The van der Waals surface area contributed by atoms with Crippen LogP contribution in [0, 0.1) is 0 Å². The lowest BCUT2D eigenvalue weighted by Crippen LogP contribution is -2.16. The Labute approximate surface area is 90.6 Å². The monoisotopic (exact) mass is 203 g/mol. The van der Waals surface area contributed by atoms with Crippen LogP contribution in [0.5, 0.6) is 5.75 Å². The molecule has 0 bridgehead atoms. The molecule has 15 heavy (non-hydrogen) atoms. The summed E-state index contributed by atoms with van der Waals surface area (Å²) in [5.41, 5.74) is 2.78. The molecule has 0 unspecified atom stereocenters. The highest BCUT2D eigenvalue weighted by atomic mass is 16.5. The standard InChI is InChI=1S/C13H17NO/c1-2-11-8-10(9-14-12-4-5-12)3-6-13(11)15-7-1/h3,6,8,12,14H,1-2,4-5,7,9H2. The molecule has 1 aromatic carbocycles. The molecule has 1 N–H and O–H groups in total. The summed E-state index contributed by atoms with van der Waals surface area (Å²) in [6.07, 6.45) is 5.04. The summed E-state index contributed by atoms with van der Waals surface area (Å²) < 4.78 is 5.60. The van der Waals surface area contributed by atoms with Crippen molar-refractivity contribution in [3.8, 4) is 5.75 Å². The van der Waals surface area contributed by atoms with Crippen molar-refractivity contribution in [1.82, 2.24) is 5.32 Å². The zero-order valence-electron chi connectivity index (χ0n) is 8.96. The molecule has 0 amide bonds. The van der Waals surface area contributed by atoms with E-state index >= 15 is 0 Å². The third kappa shape index (κ3) is 2.15. The first-order valence-corrected chi connectivity index (χ1v) is 5.90. The number of hydrogen-bond acceptors (Lipinski definition) is 2. The fraction of sp³-hybridized carbons (Fsp3) is 0.538. The SMILES string of the molecule is c1cc2c(cc1CNC1CC1)CCCO2. The van der Waals surface area contributed by atoms with Crippen molar-refractivity contribution in [2.75, 3.05) is 6.61 Å². The second kappa shape index (κ2) is 3.86. The van der Waals surface area contributed by atoms with Crippen LogP contribution in [0.15, 0.2) is 18.2 Å². The predicted molar refractivity (Wildman–Crippen MR) is 60.1 cm³/mol. The first-order chi connectivity index (χ1) is 7.42. The van der Waals surface area contributed by atoms with Gasteiger partial charge in [-0.05, 0) is 42.9 Å². The lowest BCUT2D eigenvalue weighted by molar-refractivity contribution is 0.288. The van der Waals surface area contributed by atoms with E-state index in [1.807, 2.05) is 0 Å². The minimum absolute atomic E-state index is 0.789. The molecule has 80 valence electrons. The largest absolute Gasteiger partial charge is 0.493 e. The van der Waals surface area contributed by atoms with Crippen LogP contribution < -0.4 is 10.1 Å². The molecule has 2 aliphatic rings. The van der Waals surface area contributed by atoms with E-state index in [1.165, 1.54) is 30.4 Å². The van der Waals surface area contributed by atoms with Crippen molar-refractivity contribution < 1.29 is 4.74 Å². The molecule has 1 aliphatic carbocycles. The number of fused-ring (bicyclic) bond motifs is 1. The van der Waals surface area contributed by atoms with E-state index in [4.69, 9.17) is 4.74 Å². The van der Waals surface area contributed by atoms with Gasteiger partial charge in [-0.1, -0.05) is 12.1 Å².